The molecule has 0 saturated carbocycles. The molecule has 1 aromatic heterocycles. The van der Waals surface area contributed by atoms with E-state index in [1.165, 1.54) is 14.0 Å². The van der Waals surface area contributed by atoms with Crippen molar-refractivity contribution in [2.24, 2.45) is 0 Å². The van der Waals surface area contributed by atoms with Crippen molar-refractivity contribution >= 4 is 35.0 Å². The third-order valence-corrected chi connectivity index (χ3v) is 4.03. The molecule has 0 radical (unpaired) electrons. The summed E-state index contributed by atoms with van der Waals surface area (Å²) in [5, 5.41) is 10.7. The van der Waals surface area contributed by atoms with Gasteiger partial charge in [0.15, 0.2) is 0 Å². The zero-order chi connectivity index (χ0) is 17.0. The molecule has 122 valence electrons. The van der Waals surface area contributed by atoms with Crippen LogP contribution in [0.15, 0.2) is 28.2 Å². The Balaban J connectivity index is 1.99. The number of hydrogen-bond donors (Lipinski definition) is 2. The molecule has 0 aliphatic carbocycles. The van der Waals surface area contributed by atoms with E-state index >= 15 is 0 Å². The molecule has 0 aliphatic heterocycles. The molecule has 1 heterocycles. The molecule has 3 N–H and O–H groups in total. The van der Waals surface area contributed by atoms with Crippen molar-refractivity contribution in [3.63, 3.8) is 0 Å². The number of rotatable bonds is 5. The maximum absolute atomic E-state index is 11.9. The summed E-state index contributed by atoms with van der Waals surface area (Å²) in [6.45, 7) is 1.51. The van der Waals surface area contributed by atoms with Crippen LogP contribution in [0.3, 0.4) is 0 Å². The fraction of sp³-hybridized carbons (Fsp3) is 0.231. The highest BCUT2D eigenvalue weighted by molar-refractivity contribution is 7.99. The molecule has 2 aromatic rings. The Morgan fingerprint density at radius 3 is 2.87 bits per heavy atom. The summed E-state index contributed by atoms with van der Waals surface area (Å²) >= 11 is 6.99. The Bertz CT molecular complexity index is 796. The number of thioether (sulfide) groups is 1. The second kappa shape index (κ2) is 7.34. The van der Waals surface area contributed by atoms with E-state index in [1.54, 1.807) is 18.2 Å². The number of nitrogen functional groups attached to an aromatic ring is 1. The summed E-state index contributed by atoms with van der Waals surface area (Å²) in [6.07, 6.45) is 0. The molecule has 8 nitrogen and oxygen atoms in total. The number of nitrogens with two attached hydrogens (primary N) is 1. The van der Waals surface area contributed by atoms with Gasteiger partial charge in [-0.3, -0.25) is 9.59 Å². The lowest BCUT2D eigenvalue weighted by atomic mass is 10.3. The number of carbonyl (C=O) groups is 1. The molecule has 2 rings (SSSR count). The van der Waals surface area contributed by atoms with Crippen molar-refractivity contribution in [1.82, 2.24) is 14.9 Å². The van der Waals surface area contributed by atoms with Gasteiger partial charge in [0, 0.05) is 5.69 Å². The summed E-state index contributed by atoms with van der Waals surface area (Å²) < 4.78 is 5.90. The van der Waals surface area contributed by atoms with Crippen LogP contribution in [0, 0.1) is 6.92 Å². The van der Waals surface area contributed by atoms with Gasteiger partial charge in [0.1, 0.15) is 11.4 Å². The number of nitrogens with zero attached hydrogens (tertiary/aromatic N) is 3. The van der Waals surface area contributed by atoms with Crippen LogP contribution in [0.25, 0.3) is 0 Å². The number of benzene rings is 1. The Morgan fingerprint density at radius 1 is 1.48 bits per heavy atom. The fourth-order valence-corrected chi connectivity index (χ4v) is 2.55. The second-order valence-corrected chi connectivity index (χ2v) is 5.78. The second-order valence-electron chi connectivity index (χ2n) is 4.43. The molecule has 0 fully saturated rings. The van der Waals surface area contributed by atoms with Gasteiger partial charge in [0.25, 0.3) is 5.56 Å². The predicted molar refractivity (Wildman–Crippen MR) is 88.5 cm³/mol. The molecule has 0 spiro atoms. The minimum absolute atomic E-state index is 0.0119. The van der Waals surface area contributed by atoms with Crippen molar-refractivity contribution in [2.45, 2.75) is 12.1 Å². The summed E-state index contributed by atoms with van der Waals surface area (Å²) in [4.78, 5) is 23.6. The first-order valence-electron chi connectivity index (χ1n) is 6.40. The van der Waals surface area contributed by atoms with Crippen LogP contribution in [-0.4, -0.2) is 33.6 Å². The van der Waals surface area contributed by atoms with Crippen LogP contribution in [0.2, 0.25) is 5.02 Å². The topological polar surface area (TPSA) is 112 Å². The first-order chi connectivity index (χ1) is 10.9. The number of anilines is 1. The number of aromatic nitrogens is 3. The maximum Gasteiger partial charge on any atom is 0.294 e. The average molecular weight is 356 g/mol. The van der Waals surface area contributed by atoms with E-state index in [2.05, 4.69) is 15.5 Å². The van der Waals surface area contributed by atoms with Gasteiger partial charge in [-0.15, -0.1) is 10.2 Å². The number of ether oxygens (including phenoxy) is 1. The molecule has 23 heavy (non-hydrogen) atoms. The number of nitrogens with one attached hydrogen (secondary N) is 1. The molecule has 1 amide bonds. The number of carbonyl (C=O) groups excluding carboxylic acids is 1. The summed E-state index contributed by atoms with van der Waals surface area (Å²) in [6, 6.07) is 4.89. The van der Waals surface area contributed by atoms with Gasteiger partial charge in [0.05, 0.1) is 17.9 Å². The molecule has 10 heteroatoms. The van der Waals surface area contributed by atoms with Crippen molar-refractivity contribution in [1.29, 1.82) is 0 Å². The maximum atomic E-state index is 11.9. The zero-order valence-corrected chi connectivity index (χ0v) is 13.9. The van der Waals surface area contributed by atoms with Crippen LogP contribution in [0.1, 0.15) is 5.69 Å². The van der Waals surface area contributed by atoms with Crippen LogP contribution in [0.4, 0.5) is 5.69 Å². The van der Waals surface area contributed by atoms with E-state index in [4.69, 9.17) is 22.2 Å². The Labute approximate surface area is 141 Å². The lowest BCUT2D eigenvalue weighted by Crippen LogP contribution is -2.32. The predicted octanol–water partition coefficient (Wildman–Crippen LogP) is 1.05. The van der Waals surface area contributed by atoms with E-state index in [0.717, 1.165) is 16.4 Å². The van der Waals surface area contributed by atoms with Gasteiger partial charge in [0.2, 0.25) is 11.1 Å². The Hall–Kier alpha value is -2.26. The van der Waals surface area contributed by atoms with Gasteiger partial charge in [-0.05, 0) is 25.1 Å². The van der Waals surface area contributed by atoms with Crippen molar-refractivity contribution in [3.8, 4) is 5.75 Å². The lowest BCUT2D eigenvalue weighted by Gasteiger charge is -2.08. The van der Waals surface area contributed by atoms with Gasteiger partial charge in [-0.1, -0.05) is 23.4 Å². The zero-order valence-electron chi connectivity index (χ0n) is 12.4. The quantitative estimate of drug-likeness (QED) is 0.609. The monoisotopic (exact) mass is 355 g/mol. The highest BCUT2D eigenvalue weighted by Gasteiger charge is 2.11. The SMILES string of the molecule is COc1ccc(NC(=O)CSc2nnc(C)c(=O)n2N)cc1Cl. The van der Waals surface area contributed by atoms with Crippen molar-refractivity contribution < 1.29 is 9.53 Å². The molecule has 0 bridgehead atoms. The van der Waals surface area contributed by atoms with Gasteiger partial charge >= 0.3 is 0 Å². The summed E-state index contributed by atoms with van der Waals surface area (Å²) in [5.41, 5.74) is 0.264. The number of aryl methyl sites for hydroxylation is 1. The summed E-state index contributed by atoms with van der Waals surface area (Å²) in [7, 11) is 1.51. The third kappa shape index (κ3) is 4.14. The summed E-state index contributed by atoms with van der Waals surface area (Å²) in [5.74, 6) is 5.82. The van der Waals surface area contributed by atoms with Crippen LogP contribution in [0.5, 0.6) is 5.75 Å². The fourth-order valence-electron chi connectivity index (χ4n) is 1.64. The molecule has 1 aromatic carbocycles. The number of hydrogen-bond acceptors (Lipinski definition) is 7. The van der Waals surface area contributed by atoms with E-state index in [1.807, 2.05) is 0 Å². The molecular formula is C13H14ClN5O3S. The first-order valence-corrected chi connectivity index (χ1v) is 7.76. The van der Waals surface area contributed by atoms with E-state index in [9.17, 15) is 9.59 Å². The number of halogens is 1. The first kappa shape index (κ1) is 17.1. The number of amides is 1. The smallest absolute Gasteiger partial charge is 0.294 e. The van der Waals surface area contributed by atoms with Crippen LogP contribution >= 0.6 is 23.4 Å². The Kier molecular flexibility index (Phi) is 5.45. The molecule has 0 unspecified atom stereocenters. The van der Waals surface area contributed by atoms with E-state index in [0.29, 0.717) is 16.5 Å². The third-order valence-electron chi connectivity index (χ3n) is 2.79. The van der Waals surface area contributed by atoms with Crippen molar-refractivity contribution in [3.05, 3.63) is 39.3 Å². The van der Waals surface area contributed by atoms with Gasteiger partial charge < -0.3 is 15.9 Å². The number of methoxy groups -OCH3 is 1. The van der Waals surface area contributed by atoms with Crippen molar-refractivity contribution in [2.75, 3.05) is 24.0 Å². The van der Waals surface area contributed by atoms with E-state index < -0.39 is 5.56 Å². The van der Waals surface area contributed by atoms with Crippen LogP contribution < -0.4 is 21.5 Å². The molecule has 0 saturated heterocycles. The minimum atomic E-state index is -0.454. The largest absolute Gasteiger partial charge is 0.495 e. The van der Waals surface area contributed by atoms with Gasteiger partial charge in [-0.2, -0.15) is 4.68 Å². The van der Waals surface area contributed by atoms with E-state index in [-0.39, 0.29) is 22.5 Å². The average Bonchev–Trinajstić information content (AvgIpc) is 2.52. The van der Waals surface area contributed by atoms with Crippen LogP contribution in [-0.2, 0) is 4.79 Å². The van der Waals surface area contributed by atoms with Gasteiger partial charge in [-0.25, -0.2) is 0 Å². The standard InChI is InChI=1S/C13H14ClN5O3S/c1-7-12(21)19(15)13(18-17-7)23-6-11(20)16-8-3-4-10(22-2)9(14)5-8/h3-5H,6,15H2,1-2H3,(H,16,20). The highest BCUT2D eigenvalue weighted by Crippen LogP contribution is 2.27. The molecule has 0 aliphatic rings. The minimum Gasteiger partial charge on any atom is -0.495 e. The highest BCUT2D eigenvalue weighted by atomic mass is 35.5. The Morgan fingerprint density at radius 2 is 2.22 bits per heavy atom. The normalized spacial score (nSPS) is 10.4. The molecule has 0 atom stereocenters. The molecular weight excluding hydrogens is 342 g/mol. The lowest BCUT2D eigenvalue weighted by molar-refractivity contribution is -0.113.